The molecule has 204 valence electrons. The van der Waals surface area contributed by atoms with Gasteiger partial charge in [0.25, 0.3) is 5.91 Å². The van der Waals surface area contributed by atoms with Gasteiger partial charge in [-0.05, 0) is 55.3 Å². The number of anilines is 1. The summed E-state index contributed by atoms with van der Waals surface area (Å²) in [4.78, 5) is 42.3. The molecule has 0 saturated carbocycles. The zero-order chi connectivity index (χ0) is 28.2. The van der Waals surface area contributed by atoms with E-state index in [1.165, 1.54) is 4.68 Å². The van der Waals surface area contributed by atoms with E-state index in [1.54, 1.807) is 29.0 Å². The van der Waals surface area contributed by atoms with Crippen molar-refractivity contribution in [2.45, 2.75) is 26.4 Å². The standard InChI is InChI=1S/C30H29BrN6O3/c1-20-8-11-23(16-26(20)29(39)32-25-6-4-3-5-7-25)27-18-37(34-33-27)21(2)30(40)36-15-14-35(28(38)19-36)17-22-9-12-24(31)13-10-22/h3-13,16,18,21H,14-15,17,19H2,1-2H3,(H,32,39). The van der Waals surface area contributed by atoms with Gasteiger partial charge in [0.15, 0.2) is 0 Å². The summed E-state index contributed by atoms with van der Waals surface area (Å²) in [6, 6.07) is 22.0. The van der Waals surface area contributed by atoms with Gasteiger partial charge in [-0.15, -0.1) is 5.10 Å². The summed E-state index contributed by atoms with van der Waals surface area (Å²) in [6.45, 7) is 5.07. The summed E-state index contributed by atoms with van der Waals surface area (Å²) >= 11 is 3.42. The summed E-state index contributed by atoms with van der Waals surface area (Å²) in [5, 5.41) is 11.4. The highest BCUT2D eigenvalue weighted by molar-refractivity contribution is 9.10. The second kappa shape index (κ2) is 11.8. The fraction of sp³-hybridized carbons (Fsp3) is 0.233. The molecule has 3 aromatic carbocycles. The first kappa shape index (κ1) is 27.3. The number of rotatable bonds is 7. The maximum Gasteiger partial charge on any atom is 0.255 e. The molecule has 0 aliphatic carbocycles. The third-order valence-corrected chi connectivity index (χ3v) is 7.52. The molecule has 1 aliphatic rings. The minimum Gasteiger partial charge on any atom is -0.335 e. The van der Waals surface area contributed by atoms with Gasteiger partial charge in [0.1, 0.15) is 11.7 Å². The van der Waals surface area contributed by atoms with Gasteiger partial charge >= 0.3 is 0 Å². The van der Waals surface area contributed by atoms with E-state index in [2.05, 4.69) is 31.6 Å². The van der Waals surface area contributed by atoms with Crippen LogP contribution in [0.2, 0.25) is 0 Å². The molecule has 2 heterocycles. The van der Waals surface area contributed by atoms with Crippen molar-refractivity contribution >= 4 is 39.3 Å². The Morgan fingerprint density at radius 2 is 1.77 bits per heavy atom. The van der Waals surface area contributed by atoms with Gasteiger partial charge in [-0.3, -0.25) is 14.4 Å². The Hall–Kier alpha value is -4.31. The van der Waals surface area contributed by atoms with Crippen LogP contribution in [0, 0.1) is 6.92 Å². The molecule has 40 heavy (non-hydrogen) atoms. The van der Waals surface area contributed by atoms with Crippen molar-refractivity contribution in [2.75, 3.05) is 25.0 Å². The van der Waals surface area contributed by atoms with E-state index >= 15 is 0 Å². The van der Waals surface area contributed by atoms with E-state index in [0.29, 0.717) is 42.1 Å². The van der Waals surface area contributed by atoms with Gasteiger partial charge in [-0.25, -0.2) is 4.68 Å². The number of piperazine rings is 1. The van der Waals surface area contributed by atoms with Crippen LogP contribution in [-0.2, 0) is 16.1 Å². The van der Waals surface area contributed by atoms with Crippen LogP contribution in [0.4, 0.5) is 5.69 Å². The number of amides is 3. The summed E-state index contributed by atoms with van der Waals surface area (Å²) in [7, 11) is 0. The lowest BCUT2D eigenvalue weighted by atomic mass is 10.0. The molecule has 5 rings (SSSR count). The molecule has 1 unspecified atom stereocenters. The fourth-order valence-corrected chi connectivity index (χ4v) is 4.86. The van der Waals surface area contributed by atoms with Gasteiger partial charge in [-0.2, -0.15) is 0 Å². The number of hydrogen-bond donors (Lipinski definition) is 1. The molecule has 1 fully saturated rings. The molecular formula is C30H29BrN6O3. The second-order valence-corrected chi connectivity index (χ2v) is 10.7. The number of carbonyl (C=O) groups excluding carboxylic acids is 3. The summed E-state index contributed by atoms with van der Waals surface area (Å²) < 4.78 is 2.49. The lowest BCUT2D eigenvalue weighted by molar-refractivity contribution is -0.147. The Kier molecular flexibility index (Phi) is 8.06. The number of nitrogens with one attached hydrogen (secondary N) is 1. The first-order chi connectivity index (χ1) is 19.3. The molecule has 1 aliphatic heterocycles. The van der Waals surface area contributed by atoms with Gasteiger partial charge in [0, 0.05) is 40.9 Å². The Bertz CT molecular complexity index is 1540. The molecule has 1 saturated heterocycles. The smallest absolute Gasteiger partial charge is 0.255 e. The molecule has 1 atom stereocenters. The van der Waals surface area contributed by atoms with Crippen LogP contribution in [0.25, 0.3) is 11.3 Å². The van der Waals surface area contributed by atoms with Crippen LogP contribution in [0.1, 0.15) is 34.5 Å². The molecule has 1 N–H and O–H groups in total. The number of nitrogens with zero attached hydrogens (tertiary/aromatic N) is 5. The van der Waals surface area contributed by atoms with Crippen LogP contribution >= 0.6 is 15.9 Å². The third kappa shape index (κ3) is 6.12. The molecule has 9 nitrogen and oxygen atoms in total. The van der Waals surface area contributed by atoms with Gasteiger partial charge in [-0.1, -0.05) is 63.6 Å². The van der Waals surface area contributed by atoms with Crippen molar-refractivity contribution in [1.82, 2.24) is 24.8 Å². The van der Waals surface area contributed by atoms with E-state index in [9.17, 15) is 14.4 Å². The number of aromatic nitrogens is 3. The second-order valence-electron chi connectivity index (χ2n) is 9.81. The van der Waals surface area contributed by atoms with E-state index < -0.39 is 6.04 Å². The monoisotopic (exact) mass is 600 g/mol. The van der Waals surface area contributed by atoms with Crippen LogP contribution < -0.4 is 5.32 Å². The van der Waals surface area contributed by atoms with Gasteiger partial charge < -0.3 is 15.1 Å². The van der Waals surface area contributed by atoms with Crippen LogP contribution in [0.5, 0.6) is 0 Å². The normalized spacial score (nSPS) is 14.2. The highest BCUT2D eigenvalue weighted by atomic mass is 79.9. The summed E-state index contributed by atoms with van der Waals surface area (Å²) in [5.74, 6) is -0.500. The van der Waals surface area contributed by atoms with Crippen LogP contribution in [-0.4, -0.2) is 62.1 Å². The Morgan fingerprint density at radius 3 is 2.50 bits per heavy atom. The number of hydrogen-bond acceptors (Lipinski definition) is 5. The Balaban J connectivity index is 1.24. The molecule has 0 spiro atoms. The molecule has 0 bridgehead atoms. The molecule has 4 aromatic rings. The van der Waals surface area contributed by atoms with Crippen LogP contribution in [0.3, 0.4) is 0 Å². The largest absolute Gasteiger partial charge is 0.335 e. The molecule has 10 heteroatoms. The van der Waals surface area contributed by atoms with E-state index in [1.807, 2.05) is 73.7 Å². The number of para-hydroxylation sites is 1. The predicted molar refractivity (Wildman–Crippen MR) is 155 cm³/mol. The SMILES string of the molecule is Cc1ccc(-c2cn(C(C)C(=O)N3CCN(Cc4ccc(Br)cc4)C(=O)C3)nn2)cc1C(=O)Nc1ccccc1. The number of halogens is 1. The lowest BCUT2D eigenvalue weighted by Crippen LogP contribution is -2.53. The molecule has 3 amide bonds. The fourth-order valence-electron chi connectivity index (χ4n) is 4.60. The predicted octanol–water partition coefficient (Wildman–Crippen LogP) is 4.70. The quantitative estimate of drug-likeness (QED) is 0.331. The van der Waals surface area contributed by atoms with E-state index in [0.717, 1.165) is 15.6 Å². The van der Waals surface area contributed by atoms with Crippen molar-refractivity contribution in [3.05, 3.63) is 100 Å². The number of aryl methyl sites for hydroxylation is 1. The summed E-state index contributed by atoms with van der Waals surface area (Å²) in [5.41, 5.74) is 4.37. The third-order valence-electron chi connectivity index (χ3n) is 6.99. The topological polar surface area (TPSA) is 100 Å². The van der Waals surface area contributed by atoms with Gasteiger partial charge in [0.2, 0.25) is 11.8 Å². The van der Waals surface area contributed by atoms with Crippen molar-refractivity contribution in [3.63, 3.8) is 0 Å². The van der Waals surface area contributed by atoms with Crippen molar-refractivity contribution in [1.29, 1.82) is 0 Å². The minimum atomic E-state index is -0.640. The first-order valence-corrected chi connectivity index (χ1v) is 13.8. The zero-order valence-corrected chi connectivity index (χ0v) is 23.8. The number of benzene rings is 3. The molecular weight excluding hydrogens is 572 g/mol. The highest BCUT2D eigenvalue weighted by Gasteiger charge is 2.31. The Labute approximate surface area is 240 Å². The van der Waals surface area contributed by atoms with Gasteiger partial charge in [0.05, 0.1) is 12.7 Å². The maximum atomic E-state index is 13.3. The summed E-state index contributed by atoms with van der Waals surface area (Å²) in [6.07, 6.45) is 1.69. The van der Waals surface area contributed by atoms with Crippen LogP contribution in [0.15, 0.2) is 83.5 Å². The highest BCUT2D eigenvalue weighted by Crippen LogP contribution is 2.23. The van der Waals surface area contributed by atoms with E-state index in [-0.39, 0.29) is 24.3 Å². The van der Waals surface area contributed by atoms with Crippen molar-refractivity contribution in [3.8, 4) is 11.3 Å². The van der Waals surface area contributed by atoms with Crippen molar-refractivity contribution in [2.24, 2.45) is 0 Å². The number of carbonyl (C=O) groups is 3. The lowest BCUT2D eigenvalue weighted by Gasteiger charge is -2.35. The molecule has 0 radical (unpaired) electrons. The average Bonchev–Trinajstić information content (AvgIpc) is 3.45. The maximum absolute atomic E-state index is 13.3. The zero-order valence-electron chi connectivity index (χ0n) is 22.3. The average molecular weight is 602 g/mol. The van der Waals surface area contributed by atoms with Crippen molar-refractivity contribution < 1.29 is 14.4 Å². The van der Waals surface area contributed by atoms with E-state index in [4.69, 9.17) is 0 Å². The first-order valence-electron chi connectivity index (χ1n) is 13.0. The minimum absolute atomic E-state index is 0.0269. The Morgan fingerprint density at radius 1 is 1.02 bits per heavy atom. The molecule has 1 aromatic heterocycles.